The van der Waals surface area contributed by atoms with Gasteiger partial charge in [-0.25, -0.2) is 14.6 Å². The Balaban J connectivity index is 2.31. The van der Waals surface area contributed by atoms with Gasteiger partial charge in [-0.15, -0.1) is 11.3 Å². The van der Waals surface area contributed by atoms with Gasteiger partial charge in [-0.1, -0.05) is 0 Å². The molecule has 0 saturated carbocycles. The lowest BCUT2D eigenvalue weighted by Gasteiger charge is -2.19. The Morgan fingerprint density at radius 1 is 1.44 bits per heavy atom. The van der Waals surface area contributed by atoms with Gasteiger partial charge in [-0.2, -0.15) is 0 Å². The molecule has 0 bridgehead atoms. The number of thiazole rings is 1. The molecule has 0 aliphatic rings. The quantitative estimate of drug-likeness (QED) is 0.850. The molecule has 0 spiro atoms. The number of alkyl carbamates (subject to hydrolysis) is 1. The Morgan fingerprint density at radius 2 is 2.11 bits per heavy atom. The van der Waals surface area contributed by atoms with Crippen molar-refractivity contribution in [1.82, 2.24) is 10.3 Å². The molecule has 0 fully saturated rings. The minimum absolute atomic E-state index is 0.244. The van der Waals surface area contributed by atoms with E-state index < -0.39 is 17.7 Å². The second kappa shape index (κ2) is 5.81. The molecule has 7 heteroatoms. The van der Waals surface area contributed by atoms with Crippen LogP contribution in [0.2, 0.25) is 0 Å². The zero-order valence-electron chi connectivity index (χ0n) is 10.8. The lowest BCUT2D eigenvalue weighted by Crippen LogP contribution is -2.36. The lowest BCUT2D eigenvalue weighted by atomic mass is 10.2. The van der Waals surface area contributed by atoms with Crippen molar-refractivity contribution in [2.75, 3.05) is 6.54 Å². The van der Waals surface area contributed by atoms with E-state index >= 15 is 0 Å². The maximum Gasteiger partial charge on any atom is 0.408 e. The average Bonchev–Trinajstić information content (AvgIpc) is 2.58. The molecule has 0 atom stereocenters. The normalized spacial score (nSPS) is 10.9. The van der Waals surface area contributed by atoms with Gasteiger partial charge in [0.25, 0.3) is 0 Å². The molecule has 0 unspecified atom stereocenters. The van der Waals surface area contributed by atoms with E-state index in [1.54, 1.807) is 33.1 Å². The van der Waals surface area contributed by atoms with Crippen LogP contribution in [0.15, 0.2) is 5.38 Å². The van der Waals surface area contributed by atoms with Gasteiger partial charge in [0.2, 0.25) is 5.88 Å². The molecule has 100 valence electrons. The smallest absolute Gasteiger partial charge is 0.408 e. The second-order valence-corrected chi connectivity index (χ2v) is 5.60. The Labute approximate surface area is 109 Å². The number of carbonyl (C=O) groups is 2. The summed E-state index contributed by atoms with van der Waals surface area (Å²) in [7, 11) is 0. The van der Waals surface area contributed by atoms with Crippen LogP contribution in [0.25, 0.3) is 0 Å². The van der Waals surface area contributed by atoms with E-state index in [1.165, 1.54) is 11.3 Å². The number of carbonyl (C=O) groups excluding carboxylic acids is 2. The summed E-state index contributed by atoms with van der Waals surface area (Å²) in [5.74, 6) is -0.348. The zero-order valence-corrected chi connectivity index (χ0v) is 11.6. The SMILES string of the molecule is Cc1nc(OC(=O)CNC(=O)OC(C)(C)C)cs1. The third-order valence-corrected chi connectivity index (χ3v) is 2.34. The number of esters is 1. The van der Waals surface area contributed by atoms with Crippen molar-refractivity contribution in [3.63, 3.8) is 0 Å². The lowest BCUT2D eigenvalue weighted by molar-refractivity contribution is -0.133. The molecule has 0 aliphatic heterocycles. The number of nitrogens with zero attached hydrogens (tertiary/aromatic N) is 1. The standard InChI is InChI=1S/C11H16N2O4S/c1-7-13-8(6-18-7)16-9(14)5-12-10(15)17-11(2,3)4/h6H,5H2,1-4H3,(H,12,15). The first-order valence-corrected chi connectivity index (χ1v) is 6.24. The summed E-state index contributed by atoms with van der Waals surface area (Å²) in [6.45, 7) is 6.77. The highest BCUT2D eigenvalue weighted by atomic mass is 32.1. The summed E-state index contributed by atoms with van der Waals surface area (Å²) in [5.41, 5.74) is -0.597. The van der Waals surface area contributed by atoms with Gasteiger partial charge >= 0.3 is 12.1 Å². The molecule has 0 aromatic carbocycles. The van der Waals surface area contributed by atoms with E-state index in [0.717, 1.165) is 5.01 Å². The van der Waals surface area contributed by atoms with Crippen molar-refractivity contribution >= 4 is 23.4 Å². The molecule has 0 radical (unpaired) electrons. The number of amides is 1. The van der Waals surface area contributed by atoms with Gasteiger partial charge in [0, 0.05) is 0 Å². The van der Waals surface area contributed by atoms with Crippen LogP contribution in [0.3, 0.4) is 0 Å². The molecular formula is C11H16N2O4S. The Hall–Kier alpha value is -1.63. The minimum atomic E-state index is -0.658. The molecule has 6 nitrogen and oxygen atoms in total. The fraction of sp³-hybridized carbons (Fsp3) is 0.545. The second-order valence-electron chi connectivity index (χ2n) is 4.53. The van der Waals surface area contributed by atoms with Crippen molar-refractivity contribution in [1.29, 1.82) is 0 Å². The average molecular weight is 272 g/mol. The number of rotatable bonds is 3. The maximum atomic E-state index is 11.4. The summed E-state index contributed by atoms with van der Waals surface area (Å²) in [6.07, 6.45) is -0.658. The van der Waals surface area contributed by atoms with Crippen molar-refractivity contribution in [2.45, 2.75) is 33.3 Å². The summed E-state index contributed by atoms with van der Waals surface area (Å²) < 4.78 is 9.88. The fourth-order valence-electron chi connectivity index (χ4n) is 1.00. The first-order chi connectivity index (χ1) is 8.26. The Bertz CT molecular complexity index is 436. The summed E-state index contributed by atoms with van der Waals surface area (Å²) in [4.78, 5) is 26.6. The monoisotopic (exact) mass is 272 g/mol. The van der Waals surface area contributed by atoms with Gasteiger partial charge in [0.05, 0.1) is 10.4 Å². The van der Waals surface area contributed by atoms with E-state index in [-0.39, 0.29) is 12.4 Å². The van der Waals surface area contributed by atoms with Crippen LogP contribution >= 0.6 is 11.3 Å². The van der Waals surface area contributed by atoms with Crippen molar-refractivity contribution < 1.29 is 19.1 Å². The van der Waals surface area contributed by atoms with Gasteiger partial charge in [0.1, 0.15) is 12.1 Å². The molecule has 1 N–H and O–H groups in total. The molecule has 0 saturated heterocycles. The van der Waals surface area contributed by atoms with Gasteiger partial charge in [-0.05, 0) is 27.7 Å². The Kier molecular flexibility index (Phi) is 4.66. The highest BCUT2D eigenvalue weighted by molar-refractivity contribution is 7.09. The molecule has 1 heterocycles. The summed E-state index contributed by atoms with van der Waals surface area (Å²) in [6, 6.07) is 0. The first kappa shape index (κ1) is 14.4. The number of hydrogen-bond donors (Lipinski definition) is 1. The molecule has 0 aliphatic carbocycles. The van der Waals surface area contributed by atoms with E-state index in [9.17, 15) is 9.59 Å². The maximum absolute atomic E-state index is 11.4. The largest absolute Gasteiger partial charge is 0.444 e. The van der Waals surface area contributed by atoms with Crippen molar-refractivity contribution in [2.24, 2.45) is 0 Å². The zero-order chi connectivity index (χ0) is 13.8. The van der Waals surface area contributed by atoms with Crippen LogP contribution in [0, 0.1) is 6.92 Å². The summed E-state index contributed by atoms with van der Waals surface area (Å²) >= 11 is 1.38. The molecule has 18 heavy (non-hydrogen) atoms. The number of aryl methyl sites for hydroxylation is 1. The molecular weight excluding hydrogens is 256 g/mol. The molecule has 1 aromatic rings. The molecule has 1 aromatic heterocycles. The Morgan fingerprint density at radius 3 is 2.61 bits per heavy atom. The van der Waals surface area contributed by atoms with Crippen molar-refractivity contribution in [3.05, 3.63) is 10.4 Å². The van der Waals surface area contributed by atoms with Gasteiger partial charge in [0.15, 0.2) is 0 Å². The first-order valence-electron chi connectivity index (χ1n) is 5.36. The number of aromatic nitrogens is 1. The number of nitrogens with one attached hydrogen (secondary N) is 1. The molecule has 1 amide bonds. The van der Waals surface area contributed by atoms with Gasteiger partial charge in [-0.3, -0.25) is 0 Å². The van der Waals surface area contributed by atoms with Gasteiger partial charge < -0.3 is 14.8 Å². The van der Waals surface area contributed by atoms with Crippen LogP contribution in [-0.4, -0.2) is 29.2 Å². The van der Waals surface area contributed by atoms with Crippen LogP contribution < -0.4 is 10.1 Å². The van der Waals surface area contributed by atoms with Crippen LogP contribution in [0.4, 0.5) is 4.79 Å². The number of ether oxygens (including phenoxy) is 2. The highest BCUT2D eigenvalue weighted by Crippen LogP contribution is 2.14. The predicted octanol–water partition coefficient (Wildman–Crippen LogP) is 1.88. The number of hydrogen-bond acceptors (Lipinski definition) is 6. The topological polar surface area (TPSA) is 77.5 Å². The van der Waals surface area contributed by atoms with E-state index in [2.05, 4.69) is 10.3 Å². The predicted molar refractivity (Wildman–Crippen MR) is 66.7 cm³/mol. The van der Waals surface area contributed by atoms with E-state index in [4.69, 9.17) is 9.47 Å². The molecule has 1 rings (SSSR count). The van der Waals surface area contributed by atoms with Crippen LogP contribution in [-0.2, 0) is 9.53 Å². The third kappa shape index (κ3) is 5.62. The van der Waals surface area contributed by atoms with E-state index in [1.807, 2.05) is 0 Å². The fourth-order valence-corrected chi connectivity index (χ4v) is 1.52. The van der Waals surface area contributed by atoms with Crippen LogP contribution in [0.1, 0.15) is 25.8 Å². The minimum Gasteiger partial charge on any atom is -0.444 e. The van der Waals surface area contributed by atoms with E-state index in [0.29, 0.717) is 0 Å². The van der Waals surface area contributed by atoms with Crippen molar-refractivity contribution in [3.8, 4) is 5.88 Å². The highest BCUT2D eigenvalue weighted by Gasteiger charge is 2.17. The summed E-state index contributed by atoms with van der Waals surface area (Å²) in [5, 5.41) is 4.74. The van der Waals surface area contributed by atoms with Crippen LogP contribution in [0.5, 0.6) is 5.88 Å². The third-order valence-electron chi connectivity index (χ3n) is 1.59.